The highest BCUT2D eigenvalue weighted by Gasteiger charge is 2.30. The Balaban J connectivity index is 1.18. The Morgan fingerprint density at radius 2 is 1.29 bits per heavy atom. The van der Waals surface area contributed by atoms with Crippen molar-refractivity contribution in [1.82, 2.24) is 0 Å². The summed E-state index contributed by atoms with van der Waals surface area (Å²) in [5.41, 5.74) is 8.61. The smallest absolute Gasteiger partial charge is 0.147 e. The van der Waals surface area contributed by atoms with Crippen molar-refractivity contribution in [1.29, 1.82) is 0 Å². The summed E-state index contributed by atoms with van der Waals surface area (Å²) in [6, 6.07) is 28.5. The van der Waals surface area contributed by atoms with Crippen molar-refractivity contribution in [2.24, 2.45) is 11.8 Å². The molecular weight excluding hydrogens is 512 g/mol. The molecule has 2 heteroatoms. The van der Waals surface area contributed by atoms with Crippen molar-refractivity contribution in [3.8, 4) is 0 Å². The van der Waals surface area contributed by atoms with Crippen LogP contribution in [-0.2, 0) is 28.9 Å². The predicted octanol–water partition coefficient (Wildman–Crippen LogP) is 9.53. The first-order valence-electron chi connectivity index (χ1n) is 16.0. The van der Waals surface area contributed by atoms with Crippen LogP contribution in [0.15, 0.2) is 103 Å². The highest BCUT2D eigenvalue weighted by atomic mass is 16.1. The van der Waals surface area contributed by atoms with Crippen LogP contribution in [0.1, 0.15) is 97.9 Å². The second kappa shape index (κ2) is 14.1. The molecule has 2 aliphatic carbocycles. The lowest BCUT2D eigenvalue weighted by Crippen LogP contribution is -2.19. The molecule has 2 aliphatic rings. The van der Waals surface area contributed by atoms with Crippen molar-refractivity contribution >= 4 is 11.6 Å². The van der Waals surface area contributed by atoms with Crippen LogP contribution in [0, 0.1) is 11.8 Å². The van der Waals surface area contributed by atoms with Gasteiger partial charge in [0.1, 0.15) is 11.6 Å². The van der Waals surface area contributed by atoms with Gasteiger partial charge in [-0.15, -0.1) is 0 Å². The Morgan fingerprint density at radius 1 is 0.714 bits per heavy atom. The Hall–Kier alpha value is -3.52. The number of rotatable bonds is 13. The number of Topliss-reactive ketones (excluding diaryl/α,β-unsaturated/α-hetero) is 2. The molecule has 3 aromatic carbocycles. The molecule has 0 saturated heterocycles. The molecule has 0 amide bonds. The van der Waals surface area contributed by atoms with Crippen molar-refractivity contribution in [2.45, 2.75) is 89.4 Å². The lowest BCUT2D eigenvalue weighted by atomic mass is 9.84. The molecule has 0 radical (unpaired) electrons. The second-order valence-electron chi connectivity index (χ2n) is 12.7. The number of aryl methyl sites for hydroxylation is 2. The van der Waals surface area contributed by atoms with E-state index in [-0.39, 0.29) is 17.8 Å². The third-order valence-electron chi connectivity index (χ3n) is 9.82. The maximum atomic E-state index is 13.1. The third kappa shape index (κ3) is 7.46. The summed E-state index contributed by atoms with van der Waals surface area (Å²) in [6.07, 6.45) is 10.6. The van der Waals surface area contributed by atoms with E-state index in [4.69, 9.17) is 0 Å². The number of hydrogen-bond acceptors (Lipinski definition) is 2. The molecule has 0 heterocycles. The van der Waals surface area contributed by atoms with Crippen LogP contribution >= 0.6 is 0 Å². The first-order chi connectivity index (χ1) is 20.4. The zero-order valence-corrected chi connectivity index (χ0v) is 25.3. The maximum absolute atomic E-state index is 13.1. The van der Waals surface area contributed by atoms with Crippen molar-refractivity contribution in [3.63, 3.8) is 0 Å². The first-order valence-corrected chi connectivity index (χ1v) is 16.0. The van der Waals surface area contributed by atoms with Gasteiger partial charge >= 0.3 is 0 Å². The van der Waals surface area contributed by atoms with E-state index in [2.05, 4.69) is 92.0 Å². The first kappa shape index (κ1) is 30.0. The molecule has 4 atom stereocenters. The van der Waals surface area contributed by atoms with Gasteiger partial charge in [0.15, 0.2) is 0 Å². The Labute approximate surface area is 253 Å². The molecule has 218 valence electrons. The number of hydrogen-bond donors (Lipinski definition) is 0. The normalized spacial score (nSPS) is 20.0. The second-order valence-corrected chi connectivity index (χ2v) is 12.7. The summed E-state index contributed by atoms with van der Waals surface area (Å²) in [5.74, 6) is 1.14. The minimum absolute atomic E-state index is 0.0380. The summed E-state index contributed by atoms with van der Waals surface area (Å²) in [6.45, 7) is 10.3. The molecule has 0 aliphatic heterocycles. The number of carbonyl (C=O) groups is 2. The largest absolute Gasteiger partial charge is 0.299 e. The fourth-order valence-electron chi connectivity index (χ4n) is 7.02. The predicted molar refractivity (Wildman–Crippen MR) is 174 cm³/mol. The summed E-state index contributed by atoms with van der Waals surface area (Å²) in [7, 11) is 0. The van der Waals surface area contributed by atoms with Crippen LogP contribution < -0.4 is 0 Å². The van der Waals surface area contributed by atoms with Crippen LogP contribution in [0.3, 0.4) is 0 Å². The molecular formula is C40H46O2. The van der Waals surface area contributed by atoms with Gasteiger partial charge in [0.2, 0.25) is 0 Å². The molecule has 0 aromatic heterocycles. The molecule has 5 rings (SSSR count). The van der Waals surface area contributed by atoms with Crippen molar-refractivity contribution < 1.29 is 9.59 Å². The molecule has 2 fully saturated rings. The zero-order chi connectivity index (χ0) is 29.5. The van der Waals surface area contributed by atoms with Crippen LogP contribution in [-0.4, -0.2) is 11.6 Å². The molecule has 2 saturated carbocycles. The summed E-state index contributed by atoms with van der Waals surface area (Å²) in [4.78, 5) is 25.7. The van der Waals surface area contributed by atoms with E-state index >= 15 is 0 Å². The van der Waals surface area contributed by atoms with E-state index in [9.17, 15) is 9.59 Å². The van der Waals surface area contributed by atoms with Crippen LogP contribution in [0.4, 0.5) is 0 Å². The highest BCUT2D eigenvalue weighted by molar-refractivity contribution is 5.90. The lowest BCUT2D eigenvalue weighted by molar-refractivity contribution is -0.123. The summed E-state index contributed by atoms with van der Waals surface area (Å²) in [5, 5.41) is 0. The summed E-state index contributed by atoms with van der Waals surface area (Å²) < 4.78 is 0. The van der Waals surface area contributed by atoms with E-state index in [1.807, 2.05) is 6.92 Å². The van der Waals surface area contributed by atoms with Gasteiger partial charge in [-0.25, -0.2) is 0 Å². The van der Waals surface area contributed by atoms with Gasteiger partial charge < -0.3 is 0 Å². The van der Waals surface area contributed by atoms with Gasteiger partial charge in [0, 0.05) is 24.2 Å². The van der Waals surface area contributed by atoms with Gasteiger partial charge in [0.05, 0.1) is 0 Å². The van der Waals surface area contributed by atoms with Crippen LogP contribution in [0.25, 0.3) is 0 Å². The average Bonchev–Trinajstić information content (AvgIpc) is 3.66. The maximum Gasteiger partial charge on any atom is 0.147 e. The van der Waals surface area contributed by atoms with E-state index in [0.717, 1.165) is 80.9 Å². The van der Waals surface area contributed by atoms with E-state index in [0.29, 0.717) is 23.9 Å². The molecule has 2 nitrogen and oxygen atoms in total. The Morgan fingerprint density at radius 3 is 1.88 bits per heavy atom. The monoisotopic (exact) mass is 558 g/mol. The Kier molecular flexibility index (Phi) is 10.1. The number of benzene rings is 3. The van der Waals surface area contributed by atoms with Crippen molar-refractivity contribution in [3.05, 3.63) is 131 Å². The quantitative estimate of drug-likeness (QED) is 0.196. The van der Waals surface area contributed by atoms with Gasteiger partial charge in [-0.1, -0.05) is 110 Å². The fraction of sp³-hybridized carbons (Fsp3) is 0.400. The minimum Gasteiger partial charge on any atom is -0.299 e. The van der Waals surface area contributed by atoms with Crippen molar-refractivity contribution in [2.75, 3.05) is 0 Å². The van der Waals surface area contributed by atoms with Gasteiger partial charge in [0.25, 0.3) is 0 Å². The third-order valence-corrected chi connectivity index (χ3v) is 9.82. The zero-order valence-electron chi connectivity index (χ0n) is 25.3. The topological polar surface area (TPSA) is 34.1 Å². The van der Waals surface area contributed by atoms with Gasteiger partial charge in [-0.3, -0.25) is 9.59 Å². The molecule has 0 bridgehead atoms. The average molecular weight is 559 g/mol. The Bertz CT molecular complexity index is 1380. The van der Waals surface area contributed by atoms with Gasteiger partial charge in [-0.2, -0.15) is 0 Å². The summed E-state index contributed by atoms with van der Waals surface area (Å²) >= 11 is 0. The number of carbonyl (C=O) groups excluding carboxylic acids is 2. The van der Waals surface area contributed by atoms with Gasteiger partial charge in [-0.05, 0) is 97.9 Å². The molecule has 0 N–H and O–H groups in total. The fourth-order valence-corrected chi connectivity index (χ4v) is 7.02. The molecule has 0 spiro atoms. The van der Waals surface area contributed by atoms with E-state index in [1.165, 1.54) is 22.3 Å². The standard InChI is InChI=1S/C40H46O2/c1-28-9-7-13-37(28)39(41)26-22-32-17-15-31(16-18-32)19-25-36(35-11-5-4-6-12-35)27-33-20-23-34(24-21-33)30(3)40(42)38-14-8-10-29(38)2/h4-6,11-12,15-18,20-21,23-24,30,36-38H,1-2,7-10,13-14,19,22,25-27H2,3H3/t30?,36?,37-,38-/m1/s1. The molecule has 2 unspecified atom stereocenters. The minimum atomic E-state index is -0.0907. The molecule has 42 heavy (non-hydrogen) atoms. The highest BCUT2D eigenvalue weighted by Crippen LogP contribution is 2.35. The number of allylic oxidation sites excluding steroid dienone is 2. The van der Waals surface area contributed by atoms with E-state index < -0.39 is 0 Å². The van der Waals surface area contributed by atoms with E-state index in [1.54, 1.807) is 0 Å². The van der Waals surface area contributed by atoms with Crippen LogP contribution in [0.5, 0.6) is 0 Å². The molecule has 3 aromatic rings. The number of ketones is 2. The van der Waals surface area contributed by atoms with Crippen LogP contribution in [0.2, 0.25) is 0 Å². The SMILES string of the molecule is C=C1CCC[C@H]1C(=O)CCc1ccc(CCC(Cc2ccc(C(C)C(=O)[C@@H]3CCCC3=C)cc2)c2ccccc2)cc1. The lowest BCUT2D eigenvalue weighted by Gasteiger charge is -2.20.